The average molecular weight is 281 g/mol. The summed E-state index contributed by atoms with van der Waals surface area (Å²) in [7, 11) is -2.84. The quantitative estimate of drug-likeness (QED) is 0.667. The van der Waals surface area contributed by atoms with Crippen LogP contribution in [0.5, 0.6) is 0 Å². The van der Waals surface area contributed by atoms with E-state index in [1.54, 1.807) is 0 Å². The van der Waals surface area contributed by atoms with E-state index in [2.05, 4.69) is 26.1 Å². The highest BCUT2D eigenvalue weighted by molar-refractivity contribution is 7.99. The molecule has 1 N–H and O–H groups in total. The van der Waals surface area contributed by atoms with Crippen LogP contribution in [0, 0.1) is 0 Å². The maximum atomic E-state index is 11.2. The molecule has 0 fully saturated rings. The van der Waals surface area contributed by atoms with Gasteiger partial charge >= 0.3 is 0 Å². The largest absolute Gasteiger partial charge is 0.313 e. The van der Waals surface area contributed by atoms with E-state index in [4.69, 9.17) is 0 Å². The third-order valence-corrected chi connectivity index (χ3v) is 5.15. The SMILES string of the molecule is CCCNC(CCS(C)(=O)=O)CSC(C)CC. The zero-order valence-electron chi connectivity index (χ0n) is 11.5. The Labute approximate surface area is 111 Å². The van der Waals surface area contributed by atoms with E-state index in [-0.39, 0.29) is 5.75 Å². The summed E-state index contributed by atoms with van der Waals surface area (Å²) in [6, 6.07) is 0.323. The molecule has 0 aliphatic carbocycles. The van der Waals surface area contributed by atoms with E-state index < -0.39 is 9.84 Å². The van der Waals surface area contributed by atoms with Gasteiger partial charge in [-0.2, -0.15) is 11.8 Å². The predicted octanol–water partition coefficient (Wildman–Crippen LogP) is 2.32. The average Bonchev–Trinajstić information content (AvgIpc) is 2.26. The lowest BCUT2D eigenvalue weighted by atomic mass is 10.2. The molecule has 0 aliphatic heterocycles. The van der Waals surface area contributed by atoms with Gasteiger partial charge in [0.05, 0.1) is 5.75 Å². The zero-order valence-corrected chi connectivity index (χ0v) is 13.2. The molecule has 0 bridgehead atoms. The fourth-order valence-corrected chi connectivity index (χ4v) is 3.14. The van der Waals surface area contributed by atoms with Crippen LogP contribution in [0.2, 0.25) is 0 Å². The Balaban J connectivity index is 4.04. The third kappa shape index (κ3) is 11.1. The summed E-state index contributed by atoms with van der Waals surface area (Å²) in [5.74, 6) is 1.29. The summed E-state index contributed by atoms with van der Waals surface area (Å²) in [6.45, 7) is 7.50. The molecule has 3 nitrogen and oxygen atoms in total. The number of nitrogens with one attached hydrogen (secondary N) is 1. The summed E-state index contributed by atoms with van der Waals surface area (Å²) in [4.78, 5) is 0. The first-order chi connectivity index (χ1) is 7.89. The molecule has 0 aromatic carbocycles. The van der Waals surface area contributed by atoms with Gasteiger partial charge in [0, 0.05) is 23.3 Å². The normalized spacial score (nSPS) is 15.8. The number of sulfone groups is 1. The second-order valence-corrected chi connectivity index (χ2v) is 8.35. The van der Waals surface area contributed by atoms with E-state index in [1.165, 1.54) is 6.26 Å². The van der Waals surface area contributed by atoms with Gasteiger partial charge in [-0.15, -0.1) is 0 Å². The van der Waals surface area contributed by atoms with E-state index in [0.29, 0.717) is 11.3 Å². The molecule has 0 amide bonds. The fraction of sp³-hybridized carbons (Fsp3) is 1.00. The van der Waals surface area contributed by atoms with Gasteiger partial charge in [-0.05, 0) is 25.8 Å². The van der Waals surface area contributed by atoms with Crippen molar-refractivity contribution < 1.29 is 8.42 Å². The molecular formula is C12H27NO2S2. The minimum Gasteiger partial charge on any atom is -0.313 e. The minimum absolute atomic E-state index is 0.287. The molecule has 0 heterocycles. The molecule has 0 aromatic heterocycles. The van der Waals surface area contributed by atoms with Gasteiger partial charge in [0.1, 0.15) is 9.84 Å². The lowest BCUT2D eigenvalue weighted by Gasteiger charge is -2.19. The second kappa shape index (κ2) is 9.22. The van der Waals surface area contributed by atoms with E-state index >= 15 is 0 Å². The van der Waals surface area contributed by atoms with Gasteiger partial charge in [0.2, 0.25) is 0 Å². The van der Waals surface area contributed by atoms with E-state index in [1.807, 2.05) is 11.8 Å². The molecule has 0 radical (unpaired) electrons. The number of thioether (sulfide) groups is 1. The maximum absolute atomic E-state index is 11.2. The topological polar surface area (TPSA) is 46.2 Å². The van der Waals surface area contributed by atoms with Crippen LogP contribution >= 0.6 is 11.8 Å². The van der Waals surface area contributed by atoms with Crippen LogP contribution in [-0.2, 0) is 9.84 Å². The van der Waals surface area contributed by atoms with Crippen LogP contribution in [0.1, 0.15) is 40.0 Å². The second-order valence-electron chi connectivity index (χ2n) is 4.62. The van der Waals surface area contributed by atoms with Gasteiger partial charge in [-0.3, -0.25) is 0 Å². The van der Waals surface area contributed by atoms with Crippen LogP contribution in [-0.4, -0.2) is 44.0 Å². The Kier molecular flexibility index (Phi) is 9.37. The molecule has 2 unspecified atom stereocenters. The standard InChI is InChI=1S/C12H27NO2S2/c1-5-8-13-12(7-9-17(4,14)15)10-16-11(3)6-2/h11-13H,5-10H2,1-4H3. The molecule has 104 valence electrons. The summed E-state index contributed by atoms with van der Waals surface area (Å²) >= 11 is 1.93. The van der Waals surface area contributed by atoms with Crippen molar-refractivity contribution in [2.45, 2.75) is 51.3 Å². The number of rotatable bonds is 10. The minimum atomic E-state index is -2.84. The fourth-order valence-electron chi connectivity index (χ4n) is 1.35. The van der Waals surface area contributed by atoms with Crippen molar-refractivity contribution in [1.82, 2.24) is 5.32 Å². The first-order valence-corrected chi connectivity index (χ1v) is 9.52. The van der Waals surface area contributed by atoms with Crippen molar-refractivity contribution in [2.24, 2.45) is 0 Å². The van der Waals surface area contributed by atoms with E-state index in [0.717, 1.165) is 31.6 Å². The van der Waals surface area contributed by atoms with Crippen molar-refractivity contribution in [1.29, 1.82) is 0 Å². The van der Waals surface area contributed by atoms with E-state index in [9.17, 15) is 8.42 Å². The summed E-state index contributed by atoms with van der Waals surface area (Å²) in [6.07, 6.45) is 4.29. The molecule has 17 heavy (non-hydrogen) atoms. The Morgan fingerprint density at radius 2 is 1.94 bits per heavy atom. The van der Waals surface area contributed by atoms with Crippen molar-refractivity contribution in [3.8, 4) is 0 Å². The van der Waals surface area contributed by atoms with Crippen molar-refractivity contribution in [3.63, 3.8) is 0 Å². The van der Waals surface area contributed by atoms with Gasteiger partial charge in [-0.25, -0.2) is 8.42 Å². The van der Waals surface area contributed by atoms with Gasteiger partial charge in [0.25, 0.3) is 0 Å². The molecule has 0 aromatic rings. The number of hydrogen-bond donors (Lipinski definition) is 1. The van der Waals surface area contributed by atoms with Crippen LogP contribution in [0.3, 0.4) is 0 Å². The van der Waals surface area contributed by atoms with Crippen LogP contribution in [0.4, 0.5) is 0 Å². The van der Waals surface area contributed by atoms with Gasteiger partial charge < -0.3 is 5.32 Å². The summed E-state index contributed by atoms with van der Waals surface area (Å²) < 4.78 is 22.3. The summed E-state index contributed by atoms with van der Waals surface area (Å²) in [5.41, 5.74) is 0. The first-order valence-electron chi connectivity index (χ1n) is 6.41. The van der Waals surface area contributed by atoms with Crippen LogP contribution in [0.25, 0.3) is 0 Å². The predicted molar refractivity (Wildman–Crippen MR) is 78.6 cm³/mol. The highest BCUT2D eigenvalue weighted by atomic mass is 32.2. The molecule has 0 aliphatic rings. The number of hydrogen-bond acceptors (Lipinski definition) is 4. The lowest BCUT2D eigenvalue weighted by Crippen LogP contribution is -2.34. The van der Waals surface area contributed by atoms with Gasteiger partial charge in [-0.1, -0.05) is 20.8 Å². The molecule has 5 heteroatoms. The molecule has 0 spiro atoms. The molecule has 0 saturated carbocycles. The zero-order chi connectivity index (χ0) is 13.3. The van der Waals surface area contributed by atoms with Crippen molar-refractivity contribution in [3.05, 3.63) is 0 Å². The van der Waals surface area contributed by atoms with Crippen LogP contribution in [0.15, 0.2) is 0 Å². The maximum Gasteiger partial charge on any atom is 0.147 e. The highest BCUT2D eigenvalue weighted by Crippen LogP contribution is 2.16. The molecule has 0 saturated heterocycles. The Bertz CT molecular complexity index is 278. The van der Waals surface area contributed by atoms with Crippen LogP contribution < -0.4 is 5.32 Å². The molecule has 2 atom stereocenters. The van der Waals surface area contributed by atoms with Gasteiger partial charge in [0.15, 0.2) is 0 Å². The molecular weight excluding hydrogens is 254 g/mol. The highest BCUT2D eigenvalue weighted by Gasteiger charge is 2.13. The Morgan fingerprint density at radius 1 is 1.29 bits per heavy atom. The third-order valence-electron chi connectivity index (χ3n) is 2.68. The monoisotopic (exact) mass is 281 g/mol. The Hall–Kier alpha value is 0.260. The summed E-state index contributed by atoms with van der Waals surface area (Å²) in [5, 5.41) is 4.09. The smallest absolute Gasteiger partial charge is 0.147 e. The first kappa shape index (κ1) is 17.3. The molecule has 0 rings (SSSR count). The lowest BCUT2D eigenvalue weighted by molar-refractivity contribution is 0.532. The Morgan fingerprint density at radius 3 is 2.41 bits per heavy atom. The van der Waals surface area contributed by atoms with Crippen molar-refractivity contribution >= 4 is 21.6 Å². The van der Waals surface area contributed by atoms with Crippen molar-refractivity contribution in [2.75, 3.05) is 24.3 Å².